The number of hydrogen-bond donors (Lipinski definition) is 0. The lowest BCUT2D eigenvalue weighted by Crippen LogP contribution is -2.48. The largest absolute Gasteiger partial charge is 0.497 e. The van der Waals surface area contributed by atoms with Gasteiger partial charge in [-0.25, -0.2) is 9.67 Å². The summed E-state index contributed by atoms with van der Waals surface area (Å²) in [6.45, 7) is 4.58. The third-order valence-corrected chi connectivity index (χ3v) is 4.75. The molecule has 1 fully saturated rings. The summed E-state index contributed by atoms with van der Waals surface area (Å²) in [7, 11) is 1.63. The molecule has 3 rings (SSSR count). The molecular formula is C19H25N3O4. The van der Waals surface area contributed by atoms with E-state index in [4.69, 9.17) is 14.2 Å². The third kappa shape index (κ3) is 3.94. The molecule has 7 nitrogen and oxygen atoms in total. The summed E-state index contributed by atoms with van der Waals surface area (Å²) >= 11 is 0. The van der Waals surface area contributed by atoms with E-state index in [1.165, 1.54) is 6.33 Å². The van der Waals surface area contributed by atoms with Gasteiger partial charge in [-0.3, -0.25) is 4.79 Å². The molecule has 0 bridgehead atoms. The molecule has 1 aliphatic heterocycles. The molecule has 0 amide bonds. The number of hydrogen-bond acceptors (Lipinski definition) is 6. The highest BCUT2D eigenvalue weighted by atomic mass is 16.7. The first-order valence-electron chi connectivity index (χ1n) is 8.80. The van der Waals surface area contributed by atoms with Crippen molar-refractivity contribution >= 4 is 5.78 Å². The van der Waals surface area contributed by atoms with Gasteiger partial charge in [0.1, 0.15) is 24.4 Å². The average Bonchev–Trinajstić information content (AvgIpc) is 3.21. The lowest BCUT2D eigenvalue weighted by Gasteiger charge is -2.37. The molecule has 1 unspecified atom stereocenters. The van der Waals surface area contributed by atoms with Crippen LogP contribution in [0.1, 0.15) is 31.9 Å². The van der Waals surface area contributed by atoms with E-state index >= 15 is 0 Å². The molecule has 1 saturated heterocycles. The van der Waals surface area contributed by atoms with Crippen molar-refractivity contribution in [3.8, 4) is 5.75 Å². The second-order valence-corrected chi connectivity index (χ2v) is 6.83. The number of nitrogens with zero attached hydrogens (tertiary/aromatic N) is 3. The second-order valence-electron chi connectivity index (χ2n) is 6.83. The second kappa shape index (κ2) is 7.97. The molecule has 0 aliphatic carbocycles. The Morgan fingerprint density at radius 3 is 2.58 bits per heavy atom. The summed E-state index contributed by atoms with van der Waals surface area (Å²) < 4.78 is 18.2. The minimum atomic E-state index is -0.714. The summed E-state index contributed by atoms with van der Waals surface area (Å²) in [5.41, 5.74) is 0.307. The maximum atomic E-state index is 13.4. The predicted molar refractivity (Wildman–Crippen MR) is 94.9 cm³/mol. The lowest BCUT2D eigenvalue weighted by molar-refractivity contribution is -0.224. The van der Waals surface area contributed by atoms with Crippen molar-refractivity contribution in [2.75, 3.05) is 20.3 Å². The van der Waals surface area contributed by atoms with Gasteiger partial charge in [0.15, 0.2) is 12.1 Å². The van der Waals surface area contributed by atoms with Gasteiger partial charge in [0.25, 0.3) is 0 Å². The Hall–Kier alpha value is -2.25. The highest BCUT2D eigenvalue weighted by Crippen LogP contribution is 2.32. The summed E-state index contributed by atoms with van der Waals surface area (Å²) in [5, 5.41) is 4.20. The van der Waals surface area contributed by atoms with Gasteiger partial charge in [-0.15, -0.1) is 0 Å². The number of carbonyl (C=O) groups is 1. The molecule has 0 radical (unpaired) electrons. The molecule has 7 heteroatoms. The Morgan fingerprint density at radius 2 is 2.04 bits per heavy atom. The number of ketones is 1. The van der Waals surface area contributed by atoms with E-state index in [0.29, 0.717) is 19.6 Å². The zero-order chi connectivity index (χ0) is 18.6. The Labute approximate surface area is 153 Å². The van der Waals surface area contributed by atoms with E-state index in [0.717, 1.165) is 17.7 Å². The van der Waals surface area contributed by atoms with Crippen molar-refractivity contribution in [3.63, 3.8) is 0 Å². The number of benzene rings is 1. The first-order chi connectivity index (χ1) is 12.6. The fourth-order valence-electron chi connectivity index (χ4n) is 3.09. The smallest absolute Gasteiger partial charge is 0.168 e. The summed E-state index contributed by atoms with van der Waals surface area (Å²) in [5.74, 6) is 0.817. The van der Waals surface area contributed by atoms with Crippen molar-refractivity contribution in [1.82, 2.24) is 14.8 Å². The molecule has 2 heterocycles. The average molecular weight is 359 g/mol. The lowest BCUT2D eigenvalue weighted by atomic mass is 9.81. The van der Waals surface area contributed by atoms with Gasteiger partial charge >= 0.3 is 0 Å². The monoisotopic (exact) mass is 359 g/mol. The van der Waals surface area contributed by atoms with E-state index in [9.17, 15) is 4.79 Å². The van der Waals surface area contributed by atoms with Crippen LogP contribution < -0.4 is 4.74 Å². The minimum Gasteiger partial charge on any atom is -0.497 e. The highest BCUT2D eigenvalue weighted by molar-refractivity contribution is 5.88. The van der Waals surface area contributed by atoms with Crippen molar-refractivity contribution < 1.29 is 19.0 Å². The molecule has 0 saturated carbocycles. The van der Waals surface area contributed by atoms with Crippen LogP contribution in [0, 0.1) is 5.41 Å². The van der Waals surface area contributed by atoms with Crippen LogP contribution >= 0.6 is 0 Å². The number of rotatable bonds is 7. The van der Waals surface area contributed by atoms with Gasteiger partial charge in [0.05, 0.1) is 25.7 Å². The quantitative estimate of drug-likeness (QED) is 0.756. The Balaban J connectivity index is 1.81. The Morgan fingerprint density at radius 1 is 1.35 bits per heavy atom. The van der Waals surface area contributed by atoms with Gasteiger partial charge in [-0.2, -0.15) is 5.10 Å². The molecule has 1 aromatic carbocycles. The normalized spacial score (nSPS) is 24.2. The van der Waals surface area contributed by atoms with E-state index in [1.54, 1.807) is 18.1 Å². The van der Waals surface area contributed by atoms with Crippen molar-refractivity contribution in [3.05, 3.63) is 42.5 Å². The molecule has 26 heavy (non-hydrogen) atoms. The summed E-state index contributed by atoms with van der Waals surface area (Å²) in [6.07, 6.45) is 4.07. The van der Waals surface area contributed by atoms with Gasteiger partial charge in [-0.1, -0.05) is 19.1 Å². The molecule has 1 aromatic heterocycles. The van der Waals surface area contributed by atoms with E-state index < -0.39 is 11.5 Å². The van der Waals surface area contributed by atoms with Gasteiger partial charge < -0.3 is 14.2 Å². The molecule has 1 aliphatic rings. The fraction of sp³-hybridized carbons (Fsp3) is 0.526. The van der Waals surface area contributed by atoms with Crippen molar-refractivity contribution in [1.29, 1.82) is 0 Å². The van der Waals surface area contributed by atoms with E-state index in [1.807, 2.05) is 38.1 Å². The topological polar surface area (TPSA) is 75.5 Å². The number of methoxy groups -OCH3 is 1. The van der Waals surface area contributed by atoms with E-state index in [-0.39, 0.29) is 12.1 Å². The SMILES string of the molecule is CCC1OCC(C)(C(=O)C(Cc2ccc(OC)cc2)n2cncn2)CO1. The fourth-order valence-corrected chi connectivity index (χ4v) is 3.09. The van der Waals surface area contributed by atoms with Gasteiger partial charge in [0.2, 0.25) is 0 Å². The maximum absolute atomic E-state index is 13.4. The molecule has 0 N–H and O–H groups in total. The summed E-state index contributed by atoms with van der Waals surface area (Å²) in [6, 6.07) is 7.22. The van der Waals surface area contributed by atoms with E-state index in [2.05, 4.69) is 10.1 Å². The first-order valence-corrected chi connectivity index (χ1v) is 8.80. The first kappa shape index (κ1) is 18.5. The minimum absolute atomic E-state index is 0.0355. The molecule has 1 atom stereocenters. The summed E-state index contributed by atoms with van der Waals surface area (Å²) in [4.78, 5) is 17.4. The zero-order valence-electron chi connectivity index (χ0n) is 15.4. The van der Waals surface area contributed by atoms with Crippen LogP contribution in [0.4, 0.5) is 0 Å². The third-order valence-electron chi connectivity index (χ3n) is 4.75. The van der Waals surface area contributed by atoms with Gasteiger partial charge in [0, 0.05) is 6.42 Å². The molecular weight excluding hydrogens is 334 g/mol. The van der Waals surface area contributed by atoms with Crippen LogP contribution in [0.15, 0.2) is 36.9 Å². The number of carbonyl (C=O) groups excluding carboxylic acids is 1. The maximum Gasteiger partial charge on any atom is 0.168 e. The van der Waals surface area contributed by atoms with Crippen LogP contribution in [-0.2, 0) is 20.7 Å². The number of ether oxygens (including phenoxy) is 3. The van der Waals surface area contributed by atoms with Crippen molar-refractivity contribution in [2.45, 2.75) is 39.0 Å². The van der Waals surface area contributed by atoms with Crippen LogP contribution in [0.3, 0.4) is 0 Å². The zero-order valence-corrected chi connectivity index (χ0v) is 15.4. The standard InChI is InChI=1S/C19H25N3O4/c1-4-17-25-10-19(2,11-26-17)18(23)16(22-13-20-12-21-22)9-14-5-7-15(24-3)8-6-14/h5-8,12-13,16-17H,4,9-11H2,1-3H3. The molecule has 2 aromatic rings. The Kier molecular flexibility index (Phi) is 5.68. The number of aromatic nitrogens is 3. The Bertz CT molecular complexity index is 707. The molecule has 140 valence electrons. The van der Waals surface area contributed by atoms with Crippen LogP contribution in [0.5, 0.6) is 5.75 Å². The van der Waals surface area contributed by atoms with Crippen LogP contribution in [0.25, 0.3) is 0 Å². The predicted octanol–water partition coefficient (Wildman–Crippen LogP) is 2.43. The van der Waals surface area contributed by atoms with Crippen molar-refractivity contribution in [2.24, 2.45) is 5.41 Å². The molecule has 0 spiro atoms. The highest BCUT2D eigenvalue weighted by Gasteiger charge is 2.43. The van der Waals surface area contributed by atoms with Crippen LogP contribution in [-0.4, -0.2) is 47.2 Å². The van der Waals surface area contributed by atoms with Gasteiger partial charge in [-0.05, 0) is 31.0 Å². The van der Waals surface area contributed by atoms with Crippen LogP contribution in [0.2, 0.25) is 0 Å². The number of Topliss-reactive ketones (excluding diaryl/α,β-unsaturated/α-hetero) is 1.